The highest BCUT2D eigenvalue weighted by molar-refractivity contribution is 6.00. The van der Waals surface area contributed by atoms with Gasteiger partial charge in [0.05, 0.1) is 13.0 Å². The van der Waals surface area contributed by atoms with Crippen LogP contribution in [-0.2, 0) is 14.4 Å². The van der Waals surface area contributed by atoms with E-state index >= 15 is 0 Å². The molecule has 0 spiro atoms. The van der Waals surface area contributed by atoms with Crippen LogP contribution in [0.1, 0.15) is 13.3 Å². The Labute approximate surface area is 147 Å². The molecule has 0 unspecified atom stereocenters. The maximum Gasteiger partial charge on any atom is 0.228 e. The molecular formula is C18H23N3O4. The zero-order chi connectivity index (χ0) is 18.0. The maximum atomic E-state index is 12.7. The Morgan fingerprint density at radius 3 is 2.20 bits per heavy atom. The van der Waals surface area contributed by atoms with Gasteiger partial charge in [0.1, 0.15) is 5.75 Å². The van der Waals surface area contributed by atoms with Gasteiger partial charge in [-0.3, -0.25) is 14.4 Å². The van der Waals surface area contributed by atoms with Crippen molar-refractivity contribution in [1.82, 2.24) is 9.80 Å². The highest BCUT2D eigenvalue weighted by atomic mass is 16.5. The summed E-state index contributed by atoms with van der Waals surface area (Å²) in [6.45, 7) is 4.13. The van der Waals surface area contributed by atoms with E-state index in [-0.39, 0.29) is 30.1 Å². The number of methoxy groups -OCH3 is 1. The minimum Gasteiger partial charge on any atom is -0.497 e. The molecule has 1 atom stereocenters. The molecule has 0 bridgehead atoms. The van der Waals surface area contributed by atoms with Gasteiger partial charge >= 0.3 is 0 Å². The Balaban J connectivity index is 1.62. The predicted octanol–water partition coefficient (Wildman–Crippen LogP) is 0.739. The summed E-state index contributed by atoms with van der Waals surface area (Å²) in [7, 11) is 1.59. The summed E-state index contributed by atoms with van der Waals surface area (Å²) in [6, 6.07) is 7.27. The van der Waals surface area contributed by atoms with Crippen molar-refractivity contribution in [3.63, 3.8) is 0 Å². The lowest BCUT2D eigenvalue weighted by Gasteiger charge is -2.35. The molecule has 3 rings (SSSR count). The van der Waals surface area contributed by atoms with E-state index in [2.05, 4.69) is 0 Å². The lowest BCUT2D eigenvalue weighted by molar-refractivity contribution is -0.141. The minimum absolute atomic E-state index is 0.00700. The summed E-state index contributed by atoms with van der Waals surface area (Å²) in [5.74, 6) is 0.414. The van der Waals surface area contributed by atoms with Crippen LogP contribution in [0.4, 0.5) is 5.69 Å². The molecule has 2 heterocycles. The van der Waals surface area contributed by atoms with Gasteiger partial charge in [-0.2, -0.15) is 0 Å². The smallest absolute Gasteiger partial charge is 0.228 e. The SMILES string of the molecule is COc1ccc(N2C[C@H](C(=O)N3CCN(C(C)=O)CC3)CC2=O)cc1. The molecule has 2 fully saturated rings. The first-order valence-electron chi connectivity index (χ1n) is 8.48. The normalized spacial score (nSPS) is 20.8. The largest absolute Gasteiger partial charge is 0.497 e. The number of piperazine rings is 1. The topological polar surface area (TPSA) is 70.2 Å². The van der Waals surface area contributed by atoms with Crippen LogP contribution < -0.4 is 9.64 Å². The second-order valence-corrected chi connectivity index (χ2v) is 6.43. The van der Waals surface area contributed by atoms with Crippen molar-refractivity contribution in [3.05, 3.63) is 24.3 Å². The molecule has 0 radical (unpaired) electrons. The first-order chi connectivity index (χ1) is 12.0. The summed E-state index contributed by atoms with van der Waals surface area (Å²) >= 11 is 0. The Morgan fingerprint density at radius 2 is 1.64 bits per heavy atom. The van der Waals surface area contributed by atoms with E-state index in [1.165, 1.54) is 0 Å². The van der Waals surface area contributed by atoms with E-state index in [0.29, 0.717) is 32.7 Å². The van der Waals surface area contributed by atoms with Crippen LogP contribution in [-0.4, -0.2) is 67.4 Å². The molecule has 2 aliphatic rings. The van der Waals surface area contributed by atoms with Gasteiger partial charge in [-0.1, -0.05) is 0 Å². The predicted molar refractivity (Wildman–Crippen MR) is 92.3 cm³/mol. The molecule has 0 aliphatic carbocycles. The molecule has 0 N–H and O–H groups in total. The van der Waals surface area contributed by atoms with Gasteiger partial charge < -0.3 is 19.4 Å². The number of carbonyl (C=O) groups is 3. The molecule has 7 heteroatoms. The number of nitrogens with zero attached hydrogens (tertiary/aromatic N) is 3. The molecule has 0 aromatic heterocycles. The zero-order valence-corrected chi connectivity index (χ0v) is 14.6. The summed E-state index contributed by atoms with van der Waals surface area (Å²) < 4.78 is 5.13. The summed E-state index contributed by atoms with van der Waals surface area (Å²) in [5, 5.41) is 0. The summed E-state index contributed by atoms with van der Waals surface area (Å²) in [6.07, 6.45) is 0.234. The van der Waals surface area contributed by atoms with Gasteiger partial charge in [-0.25, -0.2) is 0 Å². The molecular weight excluding hydrogens is 322 g/mol. The number of rotatable bonds is 3. The van der Waals surface area contributed by atoms with Crippen molar-refractivity contribution < 1.29 is 19.1 Å². The number of hydrogen-bond acceptors (Lipinski definition) is 4. The van der Waals surface area contributed by atoms with E-state index in [0.717, 1.165) is 11.4 Å². The lowest BCUT2D eigenvalue weighted by Crippen LogP contribution is -2.51. The van der Waals surface area contributed by atoms with Crippen molar-refractivity contribution in [3.8, 4) is 5.75 Å². The van der Waals surface area contributed by atoms with Crippen molar-refractivity contribution in [2.24, 2.45) is 5.92 Å². The fraction of sp³-hybridized carbons (Fsp3) is 0.500. The van der Waals surface area contributed by atoms with Gasteiger partial charge in [0.15, 0.2) is 0 Å². The standard InChI is InChI=1S/C18H23N3O4/c1-13(22)19-7-9-20(10-8-19)18(24)14-11-17(23)21(12-14)15-3-5-16(25-2)6-4-15/h3-6,14H,7-12H2,1-2H3/t14-/m1/s1. The van der Waals surface area contributed by atoms with Crippen molar-refractivity contribution in [2.75, 3.05) is 44.7 Å². The molecule has 0 saturated carbocycles. The first-order valence-corrected chi connectivity index (χ1v) is 8.48. The first kappa shape index (κ1) is 17.3. The quantitative estimate of drug-likeness (QED) is 0.810. The van der Waals surface area contributed by atoms with E-state index in [1.54, 1.807) is 40.9 Å². The third kappa shape index (κ3) is 3.60. The number of anilines is 1. The van der Waals surface area contributed by atoms with Crippen LogP contribution in [0.15, 0.2) is 24.3 Å². The highest BCUT2D eigenvalue weighted by Gasteiger charge is 2.38. The van der Waals surface area contributed by atoms with E-state index in [4.69, 9.17) is 4.74 Å². The van der Waals surface area contributed by atoms with Crippen LogP contribution in [0, 0.1) is 5.92 Å². The number of carbonyl (C=O) groups excluding carboxylic acids is 3. The number of benzene rings is 1. The number of hydrogen-bond donors (Lipinski definition) is 0. The average Bonchev–Trinajstić information content (AvgIpc) is 3.03. The fourth-order valence-corrected chi connectivity index (χ4v) is 3.38. The Hall–Kier alpha value is -2.57. The third-order valence-corrected chi connectivity index (χ3v) is 4.90. The molecule has 7 nitrogen and oxygen atoms in total. The average molecular weight is 345 g/mol. The van der Waals surface area contributed by atoms with Gasteiger partial charge in [0, 0.05) is 51.8 Å². The molecule has 1 aromatic carbocycles. The van der Waals surface area contributed by atoms with Gasteiger partial charge in [0.25, 0.3) is 0 Å². The summed E-state index contributed by atoms with van der Waals surface area (Å²) in [4.78, 5) is 41.6. The zero-order valence-electron chi connectivity index (χ0n) is 14.6. The van der Waals surface area contributed by atoms with Gasteiger partial charge in [0.2, 0.25) is 17.7 Å². The molecule has 2 aliphatic heterocycles. The van der Waals surface area contributed by atoms with Crippen molar-refractivity contribution in [2.45, 2.75) is 13.3 Å². The van der Waals surface area contributed by atoms with Gasteiger partial charge in [-0.15, -0.1) is 0 Å². The van der Waals surface area contributed by atoms with Crippen molar-refractivity contribution >= 4 is 23.4 Å². The van der Waals surface area contributed by atoms with Crippen LogP contribution in [0.5, 0.6) is 5.75 Å². The second-order valence-electron chi connectivity index (χ2n) is 6.43. The monoisotopic (exact) mass is 345 g/mol. The number of ether oxygens (including phenoxy) is 1. The van der Waals surface area contributed by atoms with E-state index in [1.807, 2.05) is 12.1 Å². The lowest BCUT2D eigenvalue weighted by atomic mass is 10.1. The minimum atomic E-state index is -0.321. The Bertz CT molecular complexity index is 665. The molecule has 3 amide bonds. The third-order valence-electron chi connectivity index (χ3n) is 4.90. The van der Waals surface area contributed by atoms with Crippen LogP contribution in [0.2, 0.25) is 0 Å². The van der Waals surface area contributed by atoms with Crippen LogP contribution in [0.25, 0.3) is 0 Å². The Morgan fingerprint density at radius 1 is 1.04 bits per heavy atom. The molecule has 1 aromatic rings. The van der Waals surface area contributed by atoms with Crippen LogP contribution >= 0.6 is 0 Å². The van der Waals surface area contributed by atoms with Gasteiger partial charge in [-0.05, 0) is 24.3 Å². The second kappa shape index (κ2) is 7.13. The molecule has 25 heavy (non-hydrogen) atoms. The highest BCUT2D eigenvalue weighted by Crippen LogP contribution is 2.28. The maximum absolute atomic E-state index is 12.7. The summed E-state index contributed by atoms with van der Waals surface area (Å²) in [5.41, 5.74) is 0.780. The fourth-order valence-electron chi connectivity index (χ4n) is 3.38. The molecule has 134 valence electrons. The number of amides is 3. The van der Waals surface area contributed by atoms with Crippen molar-refractivity contribution in [1.29, 1.82) is 0 Å². The van der Waals surface area contributed by atoms with E-state index in [9.17, 15) is 14.4 Å². The van der Waals surface area contributed by atoms with Crippen LogP contribution in [0.3, 0.4) is 0 Å². The van der Waals surface area contributed by atoms with E-state index < -0.39 is 0 Å². The molecule has 2 saturated heterocycles. The Kier molecular flexibility index (Phi) is 4.92.